The van der Waals surface area contributed by atoms with Crippen molar-refractivity contribution in [2.45, 2.75) is 45.6 Å². The van der Waals surface area contributed by atoms with Gasteiger partial charge in [0.2, 0.25) is 0 Å². The monoisotopic (exact) mass is 154 g/mol. The Balaban J connectivity index is 3.60. The Kier molecular flexibility index (Phi) is 5.87. The summed E-state index contributed by atoms with van der Waals surface area (Å²) in [6, 6.07) is 2.48. The molecule has 0 heterocycles. The Bertz CT molecular complexity index is 126. The molecular weight excluding hydrogens is 136 g/mol. The highest BCUT2D eigenvalue weighted by atomic mass is 14.6. The van der Waals surface area contributed by atoms with Crippen LogP contribution in [0.1, 0.15) is 39.5 Å². The molecule has 0 saturated carbocycles. The molecule has 2 nitrogen and oxygen atoms in total. The number of nitrogens with two attached hydrogens (primary N) is 1. The average molecular weight is 154 g/mol. The van der Waals surface area contributed by atoms with Crippen LogP contribution >= 0.6 is 0 Å². The third-order valence-electron chi connectivity index (χ3n) is 2.12. The van der Waals surface area contributed by atoms with Gasteiger partial charge in [-0.15, -0.1) is 0 Å². The molecule has 2 N–H and O–H groups in total. The van der Waals surface area contributed by atoms with Gasteiger partial charge in [-0.05, 0) is 18.8 Å². The van der Waals surface area contributed by atoms with Crippen LogP contribution in [-0.2, 0) is 0 Å². The molecule has 0 amide bonds. The van der Waals surface area contributed by atoms with Gasteiger partial charge in [0.15, 0.2) is 0 Å². The summed E-state index contributed by atoms with van der Waals surface area (Å²) in [5.41, 5.74) is 5.77. The highest BCUT2D eigenvalue weighted by molar-refractivity contribution is 4.77. The number of nitriles is 1. The Hall–Kier alpha value is -0.550. The molecule has 0 rings (SSSR count). The van der Waals surface area contributed by atoms with E-state index in [1.165, 1.54) is 0 Å². The average Bonchev–Trinajstić information content (AvgIpc) is 2.03. The van der Waals surface area contributed by atoms with Crippen molar-refractivity contribution in [1.29, 1.82) is 5.26 Å². The van der Waals surface area contributed by atoms with E-state index >= 15 is 0 Å². The fourth-order valence-electron chi connectivity index (χ4n) is 1.12. The molecule has 0 radical (unpaired) electrons. The van der Waals surface area contributed by atoms with Crippen LogP contribution in [0, 0.1) is 17.2 Å². The molecule has 0 aliphatic carbocycles. The lowest BCUT2D eigenvalue weighted by Crippen LogP contribution is -2.22. The summed E-state index contributed by atoms with van der Waals surface area (Å²) < 4.78 is 0. The Morgan fingerprint density at radius 1 is 1.36 bits per heavy atom. The maximum Gasteiger partial charge on any atom is 0.0624 e. The minimum Gasteiger partial charge on any atom is -0.328 e. The van der Waals surface area contributed by atoms with Gasteiger partial charge in [-0.2, -0.15) is 5.26 Å². The molecular formula is C9H18N2. The SMILES string of the molecule is CC[C@H](N)C[C@H](CC)CC#N. The number of nitrogens with zero attached hydrogens (tertiary/aromatic N) is 1. The topological polar surface area (TPSA) is 49.8 Å². The summed E-state index contributed by atoms with van der Waals surface area (Å²) in [5, 5.41) is 8.46. The van der Waals surface area contributed by atoms with E-state index in [0.717, 1.165) is 19.3 Å². The highest BCUT2D eigenvalue weighted by Crippen LogP contribution is 2.14. The van der Waals surface area contributed by atoms with Crippen molar-refractivity contribution in [3.8, 4) is 6.07 Å². The maximum atomic E-state index is 8.46. The lowest BCUT2D eigenvalue weighted by atomic mass is 9.94. The van der Waals surface area contributed by atoms with E-state index in [-0.39, 0.29) is 6.04 Å². The van der Waals surface area contributed by atoms with E-state index < -0.39 is 0 Å². The first-order valence-corrected chi connectivity index (χ1v) is 4.37. The van der Waals surface area contributed by atoms with E-state index in [1.807, 2.05) is 0 Å². The van der Waals surface area contributed by atoms with E-state index in [2.05, 4.69) is 19.9 Å². The molecule has 11 heavy (non-hydrogen) atoms. The van der Waals surface area contributed by atoms with E-state index in [4.69, 9.17) is 11.0 Å². The molecule has 0 unspecified atom stereocenters. The molecule has 0 spiro atoms. The fraction of sp³-hybridized carbons (Fsp3) is 0.889. The van der Waals surface area contributed by atoms with E-state index in [0.29, 0.717) is 12.3 Å². The smallest absolute Gasteiger partial charge is 0.0624 e. The van der Waals surface area contributed by atoms with Crippen LogP contribution in [0.25, 0.3) is 0 Å². The second-order valence-corrected chi connectivity index (χ2v) is 3.04. The summed E-state index contributed by atoms with van der Waals surface area (Å²) >= 11 is 0. The minimum absolute atomic E-state index is 0.285. The Labute approximate surface area is 69.4 Å². The van der Waals surface area contributed by atoms with E-state index in [9.17, 15) is 0 Å². The Morgan fingerprint density at radius 2 is 2.00 bits per heavy atom. The van der Waals surface area contributed by atoms with Crippen LogP contribution < -0.4 is 5.73 Å². The predicted octanol–water partition coefficient (Wildman–Crippen LogP) is 2.05. The molecule has 0 saturated heterocycles. The summed E-state index contributed by atoms with van der Waals surface area (Å²) in [4.78, 5) is 0. The van der Waals surface area contributed by atoms with Crippen LogP contribution in [0.5, 0.6) is 0 Å². The van der Waals surface area contributed by atoms with Crippen LogP contribution in [0.15, 0.2) is 0 Å². The highest BCUT2D eigenvalue weighted by Gasteiger charge is 2.09. The number of hydrogen-bond donors (Lipinski definition) is 1. The third kappa shape index (κ3) is 4.80. The predicted molar refractivity (Wildman–Crippen MR) is 46.9 cm³/mol. The molecule has 0 bridgehead atoms. The van der Waals surface area contributed by atoms with Crippen LogP contribution in [-0.4, -0.2) is 6.04 Å². The third-order valence-corrected chi connectivity index (χ3v) is 2.12. The second kappa shape index (κ2) is 6.18. The van der Waals surface area contributed by atoms with Gasteiger partial charge < -0.3 is 5.73 Å². The van der Waals surface area contributed by atoms with Gasteiger partial charge in [-0.25, -0.2) is 0 Å². The van der Waals surface area contributed by atoms with Gasteiger partial charge in [0.25, 0.3) is 0 Å². The molecule has 0 aliphatic heterocycles. The van der Waals surface area contributed by atoms with Crippen molar-refractivity contribution in [3.63, 3.8) is 0 Å². The summed E-state index contributed by atoms with van der Waals surface area (Å²) in [5.74, 6) is 0.509. The quantitative estimate of drug-likeness (QED) is 0.659. The molecule has 0 fully saturated rings. The lowest BCUT2D eigenvalue weighted by molar-refractivity contribution is 0.420. The number of hydrogen-bond acceptors (Lipinski definition) is 2. The van der Waals surface area contributed by atoms with Gasteiger partial charge in [0, 0.05) is 12.5 Å². The van der Waals surface area contributed by atoms with Crippen molar-refractivity contribution >= 4 is 0 Å². The second-order valence-electron chi connectivity index (χ2n) is 3.04. The zero-order valence-corrected chi connectivity index (χ0v) is 7.51. The summed E-state index contributed by atoms with van der Waals surface area (Å²) in [6.07, 6.45) is 3.74. The first-order chi connectivity index (χ1) is 5.24. The molecule has 0 aliphatic rings. The van der Waals surface area contributed by atoms with Gasteiger partial charge in [0.1, 0.15) is 0 Å². The van der Waals surface area contributed by atoms with Crippen molar-refractivity contribution < 1.29 is 0 Å². The van der Waals surface area contributed by atoms with Gasteiger partial charge in [0.05, 0.1) is 6.07 Å². The van der Waals surface area contributed by atoms with Crippen LogP contribution in [0.2, 0.25) is 0 Å². The van der Waals surface area contributed by atoms with Gasteiger partial charge >= 0.3 is 0 Å². The Morgan fingerprint density at radius 3 is 2.36 bits per heavy atom. The van der Waals surface area contributed by atoms with Crippen molar-refractivity contribution in [2.75, 3.05) is 0 Å². The van der Waals surface area contributed by atoms with Crippen LogP contribution in [0.4, 0.5) is 0 Å². The molecule has 0 aromatic heterocycles. The first-order valence-electron chi connectivity index (χ1n) is 4.37. The van der Waals surface area contributed by atoms with Crippen molar-refractivity contribution in [1.82, 2.24) is 0 Å². The molecule has 64 valence electrons. The maximum absolute atomic E-state index is 8.46. The van der Waals surface area contributed by atoms with Gasteiger partial charge in [-0.3, -0.25) is 0 Å². The van der Waals surface area contributed by atoms with Crippen molar-refractivity contribution in [3.05, 3.63) is 0 Å². The molecule has 2 heteroatoms. The van der Waals surface area contributed by atoms with E-state index in [1.54, 1.807) is 0 Å². The molecule has 0 aromatic carbocycles. The van der Waals surface area contributed by atoms with Crippen LogP contribution in [0.3, 0.4) is 0 Å². The normalized spacial score (nSPS) is 15.5. The summed E-state index contributed by atoms with van der Waals surface area (Å²) in [7, 11) is 0. The lowest BCUT2D eigenvalue weighted by Gasteiger charge is -2.15. The zero-order chi connectivity index (χ0) is 8.69. The summed E-state index contributed by atoms with van der Waals surface area (Å²) in [6.45, 7) is 4.20. The first kappa shape index (κ1) is 10.4. The fourth-order valence-corrected chi connectivity index (χ4v) is 1.12. The molecule has 0 aromatic rings. The molecule has 2 atom stereocenters. The minimum atomic E-state index is 0.285. The largest absolute Gasteiger partial charge is 0.328 e. The van der Waals surface area contributed by atoms with Gasteiger partial charge in [-0.1, -0.05) is 20.3 Å². The number of rotatable bonds is 5. The zero-order valence-electron chi connectivity index (χ0n) is 7.51. The standard InChI is InChI=1S/C9H18N2/c1-3-8(5-6-10)7-9(11)4-2/h8-9H,3-5,7,11H2,1-2H3/t8-,9+/m1/s1. The van der Waals surface area contributed by atoms with Crippen molar-refractivity contribution in [2.24, 2.45) is 11.7 Å².